The van der Waals surface area contributed by atoms with Gasteiger partial charge in [0.25, 0.3) is 0 Å². The van der Waals surface area contributed by atoms with Gasteiger partial charge in [0.1, 0.15) is 0 Å². The smallest absolute Gasteiger partial charge is 0.0548 e. The van der Waals surface area contributed by atoms with Gasteiger partial charge in [0, 0.05) is 17.6 Å². The van der Waals surface area contributed by atoms with Crippen LogP contribution in [0, 0.1) is 0 Å². The summed E-state index contributed by atoms with van der Waals surface area (Å²) in [5, 5.41) is 8.10. The number of piperidine rings is 1. The number of hydrogen-bond donors (Lipinski definition) is 0. The highest BCUT2D eigenvalue weighted by Gasteiger charge is 2.26. The molecule has 146 valence electrons. The fourth-order valence-electron chi connectivity index (χ4n) is 5.36. The lowest BCUT2D eigenvalue weighted by Crippen LogP contribution is -2.33. The Morgan fingerprint density at radius 1 is 0.533 bits per heavy atom. The molecule has 1 aliphatic heterocycles. The highest BCUT2D eigenvalue weighted by atomic mass is 15.2. The van der Waals surface area contributed by atoms with Crippen molar-refractivity contribution < 1.29 is 0 Å². The first-order valence-corrected chi connectivity index (χ1v) is 11.0. The standard InChI is InChI=1S/C29H25N/c1-4-13-24-21(9-1)11-7-15-26(24)28-16-5-6-20-30(28)29-17-8-14-25-23-12-3-2-10-22(23)18-19-27(25)29/h1-4,7-15,17-19,28H,5-6,16,20H2. The van der Waals surface area contributed by atoms with Gasteiger partial charge >= 0.3 is 0 Å². The minimum absolute atomic E-state index is 0.418. The zero-order chi connectivity index (χ0) is 19.9. The molecule has 1 heterocycles. The molecule has 0 bridgehead atoms. The third-order valence-electron chi connectivity index (χ3n) is 6.76. The summed E-state index contributed by atoms with van der Waals surface area (Å²) in [5.41, 5.74) is 2.83. The van der Waals surface area contributed by atoms with Gasteiger partial charge in [-0.2, -0.15) is 0 Å². The Bertz CT molecular complexity index is 1360. The summed E-state index contributed by atoms with van der Waals surface area (Å²) in [6.07, 6.45) is 3.75. The molecule has 1 saturated heterocycles. The molecule has 1 nitrogen and oxygen atoms in total. The molecule has 1 fully saturated rings. The van der Waals surface area contributed by atoms with Crippen LogP contribution in [-0.2, 0) is 0 Å². The maximum atomic E-state index is 2.67. The quantitative estimate of drug-likeness (QED) is 0.278. The number of anilines is 1. The molecular formula is C29H25N. The van der Waals surface area contributed by atoms with Crippen molar-refractivity contribution in [1.29, 1.82) is 0 Å². The lowest BCUT2D eigenvalue weighted by molar-refractivity contribution is 0.476. The van der Waals surface area contributed by atoms with Crippen molar-refractivity contribution in [2.45, 2.75) is 25.3 Å². The second kappa shape index (κ2) is 7.18. The van der Waals surface area contributed by atoms with Gasteiger partial charge in [-0.1, -0.05) is 91.0 Å². The first-order valence-electron chi connectivity index (χ1n) is 11.0. The lowest BCUT2D eigenvalue weighted by atomic mass is 9.90. The van der Waals surface area contributed by atoms with E-state index in [0.29, 0.717) is 6.04 Å². The van der Waals surface area contributed by atoms with Gasteiger partial charge in [0.05, 0.1) is 6.04 Å². The third-order valence-corrected chi connectivity index (χ3v) is 6.76. The average Bonchev–Trinajstić information content (AvgIpc) is 2.83. The molecule has 0 amide bonds. The van der Waals surface area contributed by atoms with E-state index < -0.39 is 0 Å². The van der Waals surface area contributed by atoms with Crippen molar-refractivity contribution >= 4 is 38.0 Å². The summed E-state index contributed by atoms with van der Waals surface area (Å²) in [7, 11) is 0. The van der Waals surface area contributed by atoms with Crippen LogP contribution in [0.4, 0.5) is 5.69 Å². The molecule has 1 aliphatic rings. The van der Waals surface area contributed by atoms with Gasteiger partial charge in [0.15, 0.2) is 0 Å². The Morgan fingerprint density at radius 3 is 2.13 bits per heavy atom. The van der Waals surface area contributed by atoms with E-state index >= 15 is 0 Å². The van der Waals surface area contributed by atoms with Crippen LogP contribution < -0.4 is 4.90 Å². The van der Waals surface area contributed by atoms with E-state index in [-0.39, 0.29) is 0 Å². The molecule has 0 N–H and O–H groups in total. The van der Waals surface area contributed by atoms with Crippen LogP contribution in [0.25, 0.3) is 32.3 Å². The normalized spacial score (nSPS) is 17.1. The van der Waals surface area contributed by atoms with Gasteiger partial charge in [0.2, 0.25) is 0 Å². The van der Waals surface area contributed by atoms with Crippen molar-refractivity contribution in [3.8, 4) is 0 Å². The molecule has 1 unspecified atom stereocenters. The predicted molar refractivity (Wildman–Crippen MR) is 129 cm³/mol. The Hall–Kier alpha value is -3.32. The molecule has 0 radical (unpaired) electrons. The van der Waals surface area contributed by atoms with Crippen LogP contribution in [0.1, 0.15) is 30.9 Å². The molecule has 6 rings (SSSR count). The first-order chi connectivity index (χ1) is 14.9. The topological polar surface area (TPSA) is 3.24 Å². The number of nitrogens with zero attached hydrogens (tertiary/aromatic N) is 1. The van der Waals surface area contributed by atoms with Crippen LogP contribution in [0.5, 0.6) is 0 Å². The van der Waals surface area contributed by atoms with Gasteiger partial charge in [-0.3, -0.25) is 0 Å². The highest BCUT2D eigenvalue weighted by Crippen LogP contribution is 2.41. The molecule has 1 heteroatoms. The van der Waals surface area contributed by atoms with E-state index in [1.807, 2.05) is 0 Å². The molecule has 1 atom stereocenters. The van der Waals surface area contributed by atoms with Crippen molar-refractivity contribution in [3.05, 3.63) is 103 Å². The van der Waals surface area contributed by atoms with Crippen LogP contribution in [0.15, 0.2) is 97.1 Å². The van der Waals surface area contributed by atoms with Crippen molar-refractivity contribution in [1.82, 2.24) is 0 Å². The maximum Gasteiger partial charge on any atom is 0.0548 e. The molecular weight excluding hydrogens is 362 g/mol. The Kier molecular flexibility index (Phi) is 4.19. The number of benzene rings is 5. The average molecular weight is 388 g/mol. The van der Waals surface area contributed by atoms with Gasteiger partial charge in [-0.05, 0) is 57.8 Å². The van der Waals surface area contributed by atoms with Crippen LogP contribution in [0.2, 0.25) is 0 Å². The zero-order valence-electron chi connectivity index (χ0n) is 17.1. The van der Waals surface area contributed by atoms with E-state index in [9.17, 15) is 0 Å². The fourth-order valence-corrected chi connectivity index (χ4v) is 5.36. The number of fused-ring (bicyclic) bond motifs is 4. The summed E-state index contributed by atoms with van der Waals surface area (Å²) in [6, 6.07) is 36.2. The summed E-state index contributed by atoms with van der Waals surface area (Å²) >= 11 is 0. The number of rotatable bonds is 2. The molecule has 30 heavy (non-hydrogen) atoms. The van der Waals surface area contributed by atoms with E-state index in [1.165, 1.54) is 62.8 Å². The summed E-state index contributed by atoms with van der Waals surface area (Å²) in [6.45, 7) is 1.11. The molecule has 5 aromatic rings. The van der Waals surface area contributed by atoms with Crippen molar-refractivity contribution in [2.24, 2.45) is 0 Å². The zero-order valence-corrected chi connectivity index (χ0v) is 17.1. The van der Waals surface area contributed by atoms with E-state index in [4.69, 9.17) is 0 Å². The van der Waals surface area contributed by atoms with Gasteiger partial charge in [-0.25, -0.2) is 0 Å². The maximum absolute atomic E-state index is 2.67. The molecule has 0 aromatic heterocycles. The third kappa shape index (κ3) is 2.77. The highest BCUT2D eigenvalue weighted by molar-refractivity contribution is 6.11. The summed E-state index contributed by atoms with van der Waals surface area (Å²) in [5.74, 6) is 0. The SMILES string of the molecule is c1ccc2c(C3CCCCN3c3cccc4c3ccc3ccccc34)cccc2c1. The second-order valence-electron chi connectivity index (χ2n) is 8.43. The Labute approximate surface area is 177 Å². The molecule has 5 aromatic carbocycles. The Balaban J connectivity index is 1.55. The summed E-state index contributed by atoms with van der Waals surface area (Å²) < 4.78 is 0. The molecule has 0 spiro atoms. The van der Waals surface area contributed by atoms with Crippen LogP contribution in [0.3, 0.4) is 0 Å². The predicted octanol–water partition coefficient (Wildman–Crippen LogP) is 7.88. The van der Waals surface area contributed by atoms with Gasteiger partial charge < -0.3 is 4.90 Å². The second-order valence-corrected chi connectivity index (χ2v) is 8.43. The molecule has 0 saturated carbocycles. The van der Waals surface area contributed by atoms with Crippen molar-refractivity contribution in [2.75, 3.05) is 11.4 Å². The molecule has 0 aliphatic carbocycles. The van der Waals surface area contributed by atoms with Crippen molar-refractivity contribution in [3.63, 3.8) is 0 Å². The first kappa shape index (κ1) is 17.5. The lowest BCUT2D eigenvalue weighted by Gasteiger charge is -2.39. The largest absolute Gasteiger partial charge is 0.364 e. The monoisotopic (exact) mass is 387 g/mol. The van der Waals surface area contributed by atoms with Crippen LogP contribution >= 0.6 is 0 Å². The minimum atomic E-state index is 0.418. The summed E-state index contributed by atoms with van der Waals surface area (Å²) in [4.78, 5) is 2.67. The number of hydrogen-bond acceptors (Lipinski definition) is 1. The van der Waals surface area contributed by atoms with Gasteiger partial charge in [-0.15, -0.1) is 0 Å². The van der Waals surface area contributed by atoms with E-state index in [2.05, 4.69) is 102 Å². The van der Waals surface area contributed by atoms with E-state index in [1.54, 1.807) is 0 Å². The van der Waals surface area contributed by atoms with Crippen LogP contribution in [-0.4, -0.2) is 6.54 Å². The Morgan fingerprint density at radius 2 is 1.23 bits per heavy atom. The fraction of sp³-hybridized carbons (Fsp3) is 0.172. The van der Waals surface area contributed by atoms with E-state index in [0.717, 1.165) is 6.54 Å². The minimum Gasteiger partial charge on any atom is -0.364 e.